The van der Waals surface area contributed by atoms with E-state index in [1.165, 1.54) is 6.92 Å². The highest BCUT2D eigenvalue weighted by molar-refractivity contribution is 6.39. The zero-order valence-corrected chi connectivity index (χ0v) is 12.2. The van der Waals surface area contributed by atoms with Crippen molar-refractivity contribution in [2.75, 3.05) is 18.4 Å². The van der Waals surface area contributed by atoms with Crippen LogP contribution in [0.25, 0.3) is 0 Å². The number of ketones is 1. The molecule has 0 saturated carbocycles. The standard InChI is InChI=1S/C16H20N2O3/c1-12(19)13-6-8-14(9-7-13)17-15(20)16(21)18-10-4-2-3-5-11-18/h6-9H,2-5,10-11H2,1H3,(H,17,20). The van der Waals surface area contributed by atoms with Crippen molar-refractivity contribution in [3.05, 3.63) is 29.8 Å². The second kappa shape index (κ2) is 7.02. The van der Waals surface area contributed by atoms with Crippen LogP contribution >= 0.6 is 0 Å². The lowest BCUT2D eigenvalue weighted by molar-refractivity contribution is -0.143. The minimum absolute atomic E-state index is 0.0338. The summed E-state index contributed by atoms with van der Waals surface area (Å²) in [7, 11) is 0. The van der Waals surface area contributed by atoms with E-state index < -0.39 is 11.8 Å². The molecule has 1 fully saturated rings. The van der Waals surface area contributed by atoms with Crippen LogP contribution in [-0.2, 0) is 9.59 Å². The summed E-state index contributed by atoms with van der Waals surface area (Å²) in [5.74, 6) is -1.13. The van der Waals surface area contributed by atoms with Crippen LogP contribution in [0.3, 0.4) is 0 Å². The van der Waals surface area contributed by atoms with Gasteiger partial charge in [-0.25, -0.2) is 0 Å². The van der Waals surface area contributed by atoms with E-state index in [1.54, 1.807) is 29.2 Å². The van der Waals surface area contributed by atoms with E-state index in [2.05, 4.69) is 5.32 Å². The molecule has 112 valence electrons. The average molecular weight is 288 g/mol. The lowest BCUT2D eigenvalue weighted by Crippen LogP contribution is -2.40. The fourth-order valence-corrected chi connectivity index (χ4v) is 2.39. The first kappa shape index (κ1) is 15.2. The quantitative estimate of drug-likeness (QED) is 0.670. The van der Waals surface area contributed by atoms with Crippen molar-refractivity contribution in [3.8, 4) is 0 Å². The molecule has 0 spiro atoms. The summed E-state index contributed by atoms with van der Waals surface area (Å²) >= 11 is 0. The van der Waals surface area contributed by atoms with Crippen LogP contribution in [0.2, 0.25) is 0 Å². The fraction of sp³-hybridized carbons (Fsp3) is 0.438. The number of anilines is 1. The molecule has 1 aromatic rings. The Hall–Kier alpha value is -2.17. The van der Waals surface area contributed by atoms with E-state index in [1.807, 2.05) is 0 Å². The number of nitrogens with one attached hydrogen (secondary N) is 1. The van der Waals surface area contributed by atoms with Gasteiger partial charge in [0.25, 0.3) is 0 Å². The Labute approximate surface area is 124 Å². The maximum Gasteiger partial charge on any atom is 0.313 e. The molecule has 1 aliphatic heterocycles. The minimum Gasteiger partial charge on any atom is -0.334 e. The van der Waals surface area contributed by atoms with Crippen LogP contribution < -0.4 is 5.32 Å². The number of likely N-dealkylation sites (tertiary alicyclic amines) is 1. The third-order valence-electron chi connectivity index (χ3n) is 3.64. The maximum absolute atomic E-state index is 12.1. The Morgan fingerprint density at radius 1 is 0.952 bits per heavy atom. The molecular formula is C16H20N2O3. The van der Waals surface area contributed by atoms with Gasteiger partial charge in [0, 0.05) is 24.3 Å². The summed E-state index contributed by atoms with van der Waals surface area (Å²) in [5, 5.41) is 2.58. The number of hydrogen-bond acceptors (Lipinski definition) is 3. The lowest BCUT2D eigenvalue weighted by atomic mass is 10.1. The second-order valence-electron chi connectivity index (χ2n) is 5.29. The van der Waals surface area contributed by atoms with Crippen molar-refractivity contribution in [1.82, 2.24) is 4.90 Å². The molecule has 0 radical (unpaired) electrons. The van der Waals surface area contributed by atoms with Gasteiger partial charge in [0.2, 0.25) is 0 Å². The van der Waals surface area contributed by atoms with Crippen molar-refractivity contribution in [2.45, 2.75) is 32.6 Å². The smallest absolute Gasteiger partial charge is 0.313 e. The molecule has 1 aromatic carbocycles. The summed E-state index contributed by atoms with van der Waals surface area (Å²) in [5.41, 5.74) is 1.10. The van der Waals surface area contributed by atoms with Gasteiger partial charge in [0.15, 0.2) is 5.78 Å². The number of carbonyl (C=O) groups is 3. The third kappa shape index (κ3) is 4.15. The first-order chi connectivity index (χ1) is 10.1. The molecule has 5 nitrogen and oxygen atoms in total. The average Bonchev–Trinajstić information content (AvgIpc) is 2.76. The zero-order chi connectivity index (χ0) is 15.2. The van der Waals surface area contributed by atoms with Gasteiger partial charge in [-0.2, -0.15) is 0 Å². The number of nitrogens with zero attached hydrogens (tertiary/aromatic N) is 1. The molecule has 0 atom stereocenters. The van der Waals surface area contributed by atoms with E-state index in [4.69, 9.17) is 0 Å². The van der Waals surface area contributed by atoms with Crippen LogP contribution in [0, 0.1) is 0 Å². The predicted octanol–water partition coefficient (Wildman–Crippen LogP) is 2.23. The number of benzene rings is 1. The number of amides is 2. The van der Waals surface area contributed by atoms with Gasteiger partial charge >= 0.3 is 11.8 Å². The molecule has 21 heavy (non-hydrogen) atoms. The van der Waals surface area contributed by atoms with Crippen LogP contribution in [0.4, 0.5) is 5.69 Å². The lowest BCUT2D eigenvalue weighted by Gasteiger charge is -2.19. The Balaban J connectivity index is 1.96. The highest BCUT2D eigenvalue weighted by Crippen LogP contribution is 2.12. The van der Waals surface area contributed by atoms with E-state index >= 15 is 0 Å². The van der Waals surface area contributed by atoms with E-state index in [-0.39, 0.29) is 5.78 Å². The van der Waals surface area contributed by atoms with E-state index in [9.17, 15) is 14.4 Å². The van der Waals surface area contributed by atoms with E-state index in [0.717, 1.165) is 25.7 Å². The molecule has 0 aromatic heterocycles. The molecule has 1 aliphatic rings. The molecule has 0 unspecified atom stereocenters. The number of rotatable bonds is 2. The molecule has 2 rings (SSSR count). The summed E-state index contributed by atoms with van der Waals surface area (Å²) in [6, 6.07) is 6.53. The largest absolute Gasteiger partial charge is 0.334 e. The number of carbonyl (C=O) groups excluding carboxylic acids is 3. The highest BCUT2D eigenvalue weighted by atomic mass is 16.2. The minimum atomic E-state index is -0.618. The van der Waals surface area contributed by atoms with Crippen LogP contribution in [0.5, 0.6) is 0 Å². The predicted molar refractivity (Wildman–Crippen MR) is 80.1 cm³/mol. The fourth-order valence-electron chi connectivity index (χ4n) is 2.39. The molecule has 1 heterocycles. The van der Waals surface area contributed by atoms with Crippen LogP contribution in [0.1, 0.15) is 43.0 Å². The summed E-state index contributed by atoms with van der Waals surface area (Å²) in [4.78, 5) is 36.9. The normalized spacial score (nSPS) is 15.2. The first-order valence-corrected chi connectivity index (χ1v) is 7.29. The summed E-state index contributed by atoms with van der Waals surface area (Å²) < 4.78 is 0. The third-order valence-corrected chi connectivity index (χ3v) is 3.64. The van der Waals surface area contributed by atoms with Crippen molar-refractivity contribution in [1.29, 1.82) is 0 Å². The van der Waals surface area contributed by atoms with Crippen LogP contribution in [0.15, 0.2) is 24.3 Å². The van der Waals surface area contributed by atoms with E-state index in [0.29, 0.717) is 24.3 Å². The summed E-state index contributed by atoms with van der Waals surface area (Å²) in [6.07, 6.45) is 4.12. The number of hydrogen-bond donors (Lipinski definition) is 1. The Morgan fingerprint density at radius 2 is 1.52 bits per heavy atom. The Bertz CT molecular complexity index is 529. The maximum atomic E-state index is 12.1. The van der Waals surface area contributed by atoms with Gasteiger partial charge in [-0.3, -0.25) is 14.4 Å². The van der Waals surface area contributed by atoms with Gasteiger partial charge in [-0.15, -0.1) is 0 Å². The molecule has 2 amide bonds. The topological polar surface area (TPSA) is 66.5 Å². The SMILES string of the molecule is CC(=O)c1ccc(NC(=O)C(=O)N2CCCCCC2)cc1. The summed E-state index contributed by atoms with van der Waals surface area (Å²) in [6.45, 7) is 2.78. The van der Waals surface area contributed by atoms with Gasteiger partial charge in [0.1, 0.15) is 0 Å². The Kier molecular flexibility index (Phi) is 5.09. The van der Waals surface area contributed by atoms with Gasteiger partial charge < -0.3 is 10.2 Å². The van der Waals surface area contributed by atoms with Gasteiger partial charge in [0.05, 0.1) is 0 Å². The van der Waals surface area contributed by atoms with Crippen molar-refractivity contribution >= 4 is 23.3 Å². The second-order valence-corrected chi connectivity index (χ2v) is 5.29. The first-order valence-electron chi connectivity index (χ1n) is 7.29. The molecule has 1 saturated heterocycles. The molecule has 0 aliphatic carbocycles. The molecular weight excluding hydrogens is 268 g/mol. The molecule has 1 N–H and O–H groups in total. The van der Waals surface area contributed by atoms with Crippen molar-refractivity contribution < 1.29 is 14.4 Å². The highest BCUT2D eigenvalue weighted by Gasteiger charge is 2.22. The van der Waals surface area contributed by atoms with Crippen LogP contribution in [-0.4, -0.2) is 35.6 Å². The zero-order valence-electron chi connectivity index (χ0n) is 12.2. The molecule has 5 heteroatoms. The van der Waals surface area contributed by atoms with Crippen molar-refractivity contribution in [2.24, 2.45) is 0 Å². The van der Waals surface area contributed by atoms with Gasteiger partial charge in [-0.05, 0) is 44.0 Å². The monoisotopic (exact) mass is 288 g/mol. The van der Waals surface area contributed by atoms with Crippen molar-refractivity contribution in [3.63, 3.8) is 0 Å². The number of Topliss-reactive ketones (excluding diaryl/α,β-unsaturated/α-hetero) is 1. The molecule has 0 bridgehead atoms. The van der Waals surface area contributed by atoms with Gasteiger partial charge in [-0.1, -0.05) is 12.8 Å². The Morgan fingerprint density at radius 3 is 2.05 bits per heavy atom.